The summed E-state index contributed by atoms with van der Waals surface area (Å²) in [4.78, 5) is 23.7. The number of hydrogen-bond donors (Lipinski definition) is 1. The summed E-state index contributed by atoms with van der Waals surface area (Å²) in [6.07, 6.45) is 0. The maximum absolute atomic E-state index is 11.9. The highest BCUT2D eigenvalue weighted by atomic mass is 35.5. The molecule has 23 heavy (non-hydrogen) atoms. The fourth-order valence-electron chi connectivity index (χ4n) is 1.87. The first-order chi connectivity index (χ1) is 11.0. The Morgan fingerprint density at radius 3 is 2.48 bits per heavy atom. The van der Waals surface area contributed by atoms with Crippen molar-refractivity contribution in [1.29, 1.82) is 0 Å². The number of aryl methyl sites for hydroxylation is 1. The van der Waals surface area contributed by atoms with Gasteiger partial charge in [0.25, 0.3) is 5.91 Å². The molecule has 0 bridgehead atoms. The normalized spacial score (nSPS) is 10.0. The second kappa shape index (κ2) is 7.65. The van der Waals surface area contributed by atoms with Crippen LogP contribution in [0.3, 0.4) is 0 Å². The summed E-state index contributed by atoms with van der Waals surface area (Å²) in [5.41, 5.74) is 1.84. The van der Waals surface area contributed by atoms with Crippen LogP contribution in [-0.4, -0.2) is 25.6 Å². The van der Waals surface area contributed by atoms with Crippen molar-refractivity contribution in [3.63, 3.8) is 0 Å². The number of benzene rings is 2. The Bertz CT molecular complexity index is 713. The Morgan fingerprint density at radius 1 is 1.13 bits per heavy atom. The minimum atomic E-state index is -0.557. The van der Waals surface area contributed by atoms with Crippen LogP contribution in [0.15, 0.2) is 42.5 Å². The SMILES string of the molecule is COc1ccc(Cl)cc1NC(=O)COC(=O)c1ccc(C)cc1. The van der Waals surface area contributed by atoms with E-state index in [-0.39, 0.29) is 0 Å². The molecule has 0 spiro atoms. The zero-order valence-electron chi connectivity index (χ0n) is 12.8. The Hall–Kier alpha value is -2.53. The highest BCUT2D eigenvalue weighted by Gasteiger charge is 2.12. The predicted molar refractivity (Wildman–Crippen MR) is 88.1 cm³/mol. The second-order valence-electron chi connectivity index (χ2n) is 4.83. The fourth-order valence-corrected chi connectivity index (χ4v) is 2.04. The molecule has 0 aromatic heterocycles. The van der Waals surface area contributed by atoms with Gasteiger partial charge in [-0.15, -0.1) is 0 Å². The van der Waals surface area contributed by atoms with E-state index in [2.05, 4.69) is 5.32 Å². The van der Waals surface area contributed by atoms with Gasteiger partial charge in [0.1, 0.15) is 5.75 Å². The van der Waals surface area contributed by atoms with Gasteiger partial charge in [0.05, 0.1) is 18.4 Å². The highest BCUT2D eigenvalue weighted by Crippen LogP contribution is 2.27. The molecule has 0 heterocycles. The number of nitrogens with one attached hydrogen (secondary N) is 1. The number of anilines is 1. The van der Waals surface area contributed by atoms with Crippen molar-refractivity contribution in [1.82, 2.24) is 0 Å². The first-order valence-electron chi connectivity index (χ1n) is 6.87. The minimum absolute atomic E-state index is 0.392. The lowest BCUT2D eigenvalue weighted by Gasteiger charge is -2.11. The summed E-state index contributed by atoms with van der Waals surface area (Å²) in [5.74, 6) is -0.572. The van der Waals surface area contributed by atoms with Gasteiger partial charge in [-0.3, -0.25) is 4.79 Å². The lowest BCUT2D eigenvalue weighted by molar-refractivity contribution is -0.119. The lowest BCUT2D eigenvalue weighted by atomic mass is 10.1. The van der Waals surface area contributed by atoms with Gasteiger partial charge < -0.3 is 14.8 Å². The summed E-state index contributed by atoms with van der Waals surface area (Å²) < 4.78 is 10.1. The molecule has 0 atom stereocenters. The molecule has 0 aliphatic rings. The summed E-state index contributed by atoms with van der Waals surface area (Å²) in [5, 5.41) is 3.05. The number of esters is 1. The molecule has 0 aliphatic carbocycles. The van der Waals surface area contributed by atoms with Crippen LogP contribution in [0.4, 0.5) is 5.69 Å². The molecule has 0 fully saturated rings. The second-order valence-corrected chi connectivity index (χ2v) is 5.27. The van der Waals surface area contributed by atoms with Crippen LogP contribution in [0.5, 0.6) is 5.75 Å². The van der Waals surface area contributed by atoms with Crippen molar-refractivity contribution in [3.8, 4) is 5.75 Å². The van der Waals surface area contributed by atoms with Crippen molar-refractivity contribution >= 4 is 29.2 Å². The van der Waals surface area contributed by atoms with E-state index in [9.17, 15) is 9.59 Å². The van der Waals surface area contributed by atoms with E-state index in [0.29, 0.717) is 22.0 Å². The van der Waals surface area contributed by atoms with Crippen molar-refractivity contribution in [2.75, 3.05) is 19.0 Å². The molecule has 0 radical (unpaired) electrons. The molecule has 2 rings (SSSR count). The van der Waals surface area contributed by atoms with Crippen molar-refractivity contribution in [3.05, 3.63) is 58.6 Å². The summed E-state index contributed by atoms with van der Waals surface area (Å²) in [6, 6.07) is 11.7. The van der Waals surface area contributed by atoms with Gasteiger partial charge in [0, 0.05) is 5.02 Å². The van der Waals surface area contributed by atoms with E-state index >= 15 is 0 Å². The Labute approximate surface area is 139 Å². The topological polar surface area (TPSA) is 64.6 Å². The molecule has 6 heteroatoms. The summed E-state index contributed by atoms with van der Waals surface area (Å²) in [7, 11) is 1.48. The van der Waals surface area contributed by atoms with Gasteiger partial charge in [0.2, 0.25) is 0 Å². The first kappa shape index (κ1) is 16.8. The number of ether oxygens (including phenoxy) is 2. The largest absolute Gasteiger partial charge is 0.495 e. The number of rotatable bonds is 5. The lowest BCUT2D eigenvalue weighted by Crippen LogP contribution is -2.21. The number of carbonyl (C=O) groups is 2. The third-order valence-electron chi connectivity index (χ3n) is 3.06. The monoisotopic (exact) mass is 333 g/mol. The number of amides is 1. The molecule has 1 N–H and O–H groups in total. The van der Waals surface area contributed by atoms with Gasteiger partial charge in [-0.05, 0) is 37.3 Å². The predicted octanol–water partition coefficient (Wildman–Crippen LogP) is 3.45. The van der Waals surface area contributed by atoms with Crippen LogP contribution in [0.1, 0.15) is 15.9 Å². The molecule has 2 aromatic carbocycles. The molecule has 0 saturated heterocycles. The standard InChI is InChI=1S/C17H16ClNO4/c1-11-3-5-12(6-4-11)17(21)23-10-16(20)19-14-9-13(18)7-8-15(14)22-2/h3-9H,10H2,1-2H3,(H,19,20). The first-order valence-corrected chi connectivity index (χ1v) is 7.24. The van der Waals surface area contributed by atoms with Crippen molar-refractivity contribution in [2.45, 2.75) is 6.92 Å². The Balaban J connectivity index is 1.94. The summed E-state index contributed by atoms with van der Waals surface area (Å²) in [6.45, 7) is 1.52. The number of halogens is 1. The maximum Gasteiger partial charge on any atom is 0.338 e. The van der Waals surface area contributed by atoms with Crippen LogP contribution in [0.25, 0.3) is 0 Å². The molecule has 2 aromatic rings. The van der Waals surface area contributed by atoms with Gasteiger partial charge in [-0.25, -0.2) is 4.79 Å². The molecule has 1 amide bonds. The Morgan fingerprint density at radius 2 is 1.83 bits per heavy atom. The molecule has 5 nitrogen and oxygen atoms in total. The van der Waals surface area contributed by atoms with Crippen LogP contribution in [0, 0.1) is 6.92 Å². The number of carbonyl (C=O) groups excluding carboxylic acids is 2. The van der Waals surface area contributed by atoms with E-state index < -0.39 is 18.5 Å². The molecule has 0 saturated carbocycles. The zero-order valence-corrected chi connectivity index (χ0v) is 13.5. The molecular weight excluding hydrogens is 318 g/mol. The van der Waals surface area contributed by atoms with Gasteiger partial charge in [-0.2, -0.15) is 0 Å². The van der Waals surface area contributed by atoms with Crippen molar-refractivity contribution in [2.24, 2.45) is 0 Å². The van der Waals surface area contributed by atoms with E-state index in [4.69, 9.17) is 21.1 Å². The van der Waals surface area contributed by atoms with E-state index in [1.165, 1.54) is 7.11 Å². The molecule has 0 aliphatic heterocycles. The van der Waals surface area contributed by atoms with E-state index in [1.54, 1.807) is 42.5 Å². The maximum atomic E-state index is 11.9. The number of methoxy groups -OCH3 is 1. The zero-order chi connectivity index (χ0) is 16.8. The quantitative estimate of drug-likeness (QED) is 0.851. The third-order valence-corrected chi connectivity index (χ3v) is 3.29. The molecule has 120 valence electrons. The number of hydrogen-bond acceptors (Lipinski definition) is 4. The van der Waals surface area contributed by atoms with Gasteiger partial charge in [0.15, 0.2) is 6.61 Å². The molecular formula is C17H16ClNO4. The third kappa shape index (κ3) is 4.72. The van der Waals surface area contributed by atoms with Crippen LogP contribution in [0.2, 0.25) is 5.02 Å². The van der Waals surface area contributed by atoms with E-state index in [0.717, 1.165) is 5.56 Å². The average Bonchev–Trinajstić information content (AvgIpc) is 2.53. The van der Waals surface area contributed by atoms with E-state index in [1.807, 2.05) is 6.92 Å². The fraction of sp³-hybridized carbons (Fsp3) is 0.176. The average molecular weight is 334 g/mol. The van der Waals surface area contributed by atoms with Gasteiger partial charge in [-0.1, -0.05) is 29.3 Å². The van der Waals surface area contributed by atoms with Crippen LogP contribution >= 0.6 is 11.6 Å². The highest BCUT2D eigenvalue weighted by molar-refractivity contribution is 6.31. The van der Waals surface area contributed by atoms with Gasteiger partial charge >= 0.3 is 5.97 Å². The Kier molecular flexibility index (Phi) is 5.60. The smallest absolute Gasteiger partial charge is 0.338 e. The summed E-state index contributed by atoms with van der Waals surface area (Å²) >= 11 is 5.89. The van der Waals surface area contributed by atoms with Crippen LogP contribution in [-0.2, 0) is 9.53 Å². The molecule has 0 unspecified atom stereocenters. The minimum Gasteiger partial charge on any atom is -0.495 e. The van der Waals surface area contributed by atoms with Crippen LogP contribution < -0.4 is 10.1 Å². The van der Waals surface area contributed by atoms with Crippen molar-refractivity contribution < 1.29 is 19.1 Å².